The Hall–Kier alpha value is -1.19. The molecule has 1 N–H and O–H groups in total. The first-order valence-electron chi connectivity index (χ1n) is 4.53. The number of benzene rings is 1. The number of hydrogen-bond donors (Lipinski definition) is 1. The molecule has 0 atom stereocenters. The molecule has 0 aliphatic carbocycles. The average Bonchev–Trinajstić information content (AvgIpc) is 2.20. The maximum absolute atomic E-state index is 11.4. The lowest BCUT2D eigenvalue weighted by Crippen LogP contribution is -2.18. The Bertz CT molecular complexity index is 293. The first kappa shape index (κ1) is 10.9. The van der Waals surface area contributed by atoms with Crippen LogP contribution in [0.25, 0.3) is 0 Å². The summed E-state index contributed by atoms with van der Waals surface area (Å²) in [6.45, 7) is 0.962. The Morgan fingerprint density at radius 1 is 1.36 bits per heavy atom. The van der Waals surface area contributed by atoms with E-state index in [9.17, 15) is 4.79 Å². The number of nitrogens with one attached hydrogen (secondary N) is 1. The summed E-state index contributed by atoms with van der Waals surface area (Å²) < 4.78 is 4.98. The Morgan fingerprint density at radius 2 is 2.00 bits per heavy atom. The van der Waals surface area contributed by atoms with Crippen molar-refractivity contribution in [3.8, 4) is 0 Å². The molecule has 14 heavy (non-hydrogen) atoms. The number of ketones is 1. The second-order valence-electron chi connectivity index (χ2n) is 3.08. The Labute approximate surface area is 84.1 Å². The third-order valence-electron chi connectivity index (χ3n) is 1.92. The molecule has 1 rings (SSSR count). The molecule has 0 unspecified atom stereocenters. The van der Waals surface area contributed by atoms with Crippen molar-refractivity contribution >= 4 is 5.78 Å². The van der Waals surface area contributed by atoms with Gasteiger partial charge in [0.05, 0.1) is 13.2 Å². The van der Waals surface area contributed by atoms with E-state index in [1.807, 2.05) is 24.3 Å². The molecule has 0 aliphatic heterocycles. The quantitative estimate of drug-likeness (QED) is 0.715. The summed E-state index contributed by atoms with van der Waals surface area (Å²) in [4.78, 5) is 11.4. The van der Waals surface area contributed by atoms with Gasteiger partial charge in [-0.25, -0.2) is 0 Å². The first-order chi connectivity index (χ1) is 6.77. The monoisotopic (exact) mass is 193 g/mol. The molecule has 76 valence electrons. The molecular formula is C11H15NO2. The largest absolute Gasteiger partial charge is 0.380 e. The highest BCUT2D eigenvalue weighted by atomic mass is 16.5. The second kappa shape index (κ2) is 5.52. The highest BCUT2D eigenvalue weighted by molar-refractivity contribution is 5.97. The van der Waals surface area contributed by atoms with Crippen molar-refractivity contribution in [3.63, 3.8) is 0 Å². The minimum absolute atomic E-state index is 0.108. The second-order valence-corrected chi connectivity index (χ2v) is 3.08. The molecule has 0 spiro atoms. The predicted molar refractivity (Wildman–Crippen MR) is 55.4 cm³/mol. The SMILES string of the molecule is CNCC(=O)c1ccc(COC)cc1. The van der Waals surface area contributed by atoms with Gasteiger partial charge >= 0.3 is 0 Å². The summed E-state index contributed by atoms with van der Waals surface area (Å²) in [5.41, 5.74) is 1.81. The van der Waals surface area contributed by atoms with E-state index in [1.165, 1.54) is 0 Å². The van der Waals surface area contributed by atoms with E-state index < -0.39 is 0 Å². The third kappa shape index (κ3) is 2.94. The summed E-state index contributed by atoms with van der Waals surface area (Å²) in [5.74, 6) is 0.108. The molecule has 0 amide bonds. The Morgan fingerprint density at radius 3 is 2.50 bits per heavy atom. The summed E-state index contributed by atoms with van der Waals surface area (Å²) in [6.07, 6.45) is 0. The van der Waals surface area contributed by atoms with Gasteiger partial charge in [0.25, 0.3) is 0 Å². The standard InChI is InChI=1S/C11H15NO2/c1-12-7-11(13)10-5-3-9(4-6-10)8-14-2/h3-6,12H,7-8H2,1-2H3. The van der Waals surface area contributed by atoms with E-state index in [0.717, 1.165) is 11.1 Å². The number of methoxy groups -OCH3 is 1. The molecular weight excluding hydrogens is 178 g/mol. The summed E-state index contributed by atoms with van der Waals surface area (Å²) in [5, 5.41) is 2.83. The molecule has 0 aromatic heterocycles. The third-order valence-corrected chi connectivity index (χ3v) is 1.92. The minimum atomic E-state index is 0.108. The fraction of sp³-hybridized carbons (Fsp3) is 0.364. The number of rotatable bonds is 5. The minimum Gasteiger partial charge on any atom is -0.380 e. The molecule has 0 bridgehead atoms. The number of Topliss-reactive ketones (excluding diaryl/α,β-unsaturated/α-hetero) is 1. The van der Waals surface area contributed by atoms with E-state index >= 15 is 0 Å². The summed E-state index contributed by atoms with van der Waals surface area (Å²) >= 11 is 0. The molecule has 0 saturated carbocycles. The lowest BCUT2D eigenvalue weighted by Gasteiger charge is -2.02. The highest BCUT2D eigenvalue weighted by Crippen LogP contribution is 2.05. The van der Waals surface area contributed by atoms with E-state index in [4.69, 9.17) is 4.74 Å². The molecule has 1 aromatic rings. The molecule has 3 nitrogen and oxygen atoms in total. The van der Waals surface area contributed by atoms with Gasteiger partial charge in [-0.2, -0.15) is 0 Å². The number of likely N-dealkylation sites (N-methyl/N-ethyl adjacent to an activating group) is 1. The Balaban J connectivity index is 2.67. The van der Waals surface area contributed by atoms with Gasteiger partial charge < -0.3 is 10.1 Å². The maximum Gasteiger partial charge on any atom is 0.176 e. The van der Waals surface area contributed by atoms with Crippen LogP contribution in [-0.2, 0) is 11.3 Å². The topological polar surface area (TPSA) is 38.3 Å². The highest BCUT2D eigenvalue weighted by Gasteiger charge is 2.03. The number of carbonyl (C=O) groups excluding carboxylic acids is 1. The number of carbonyl (C=O) groups is 1. The van der Waals surface area contributed by atoms with Crippen molar-refractivity contribution in [1.82, 2.24) is 5.32 Å². The van der Waals surface area contributed by atoms with Gasteiger partial charge in [-0.1, -0.05) is 24.3 Å². The Kier molecular flexibility index (Phi) is 4.29. The van der Waals surface area contributed by atoms with Crippen molar-refractivity contribution in [1.29, 1.82) is 0 Å². The van der Waals surface area contributed by atoms with Crippen molar-refractivity contribution in [2.45, 2.75) is 6.61 Å². The van der Waals surface area contributed by atoms with Crippen LogP contribution in [0, 0.1) is 0 Å². The predicted octanol–water partition coefficient (Wildman–Crippen LogP) is 1.24. The van der Waals surface area contributed by atoms with Gasteiger partial charge in [-0.15, -0.1) is 0 Å². The van der Waals surface area contributed by atoms with Crippen LogP contribution >= 0.6 is 0 Å². The molecule has 3 heteroatoms. The van der Waals surface area contributed by atoms with Gasteiger partial charge in [-0.05, 0) is 12.6 Å². The average molecular weight is 193 g/mol. The summed E-state index contributed by atoms with van der Waals surface area (Å²) in [6, 6.07) is 7.47. The van der Waals surface area contributed by atoms with Gasteiger partial charge in [0.15, 0.2) is 5.78 Å². The van der Waals surface area contributed by atoms with Crippen LogP contribution in [0.4, 0.5) is 0 Å². The van der Waals surface area contributed by atoms with E-state index in [0.29, 0.717) is 13.2 Å². The zero-order valence-electron chi connectivity index (χ0n) is 8.54. The zero-order valence-corrected chi connectivity index (χ0v) is 8.54. The van der Waals surface area contributed by atoms with Crippen molar-refractivity contribution in [2.24, 2.45) is 0 Å². The van der Waals surface area contributed by atoms with Crippen molar-refractivity contribution in [3.05, 3.63) is 35.4 Å². The lowest BCUT2D eigenvalue weighted by atomic mass is 10.1. The fourth-order valence-electron chi connectivity index (χ4n) is 1.22. The fourth-order valence-corrected chi connectivity index (χ4v) is 1.22. The zero-order chi connectivity index (χ0) is 10.4. The van der Waals surface area contributed by atoms with Crippen molar-refractivity contribution < 1.29 is 9.53 Å². The molecule has 0 saturated heterocycles. The normalized spacial score (nSPS) is 10.1. The van der Waals surface area contributed by atoms with E-state index in [-0.39, 0.29) is 5.78 Å². The summed E-state index contributed by atoms with van der Waals surface area (Å²) in [7, 11) is 3.41. The van der Waals surface area contributed by atoms with Crippen LogP contribution in [0.5, 0.6) is 0 Å². The molecule has 0 radical (unpaired) electrons. The van der Waals surface area contributed by atoms with Gasteiger partial charge in [0.2, 0.25) is 0 Å². The van der Waals surface area contributed by atoms with Crippen LogP contribution in [0.3, 0.4) is 0 Å². The van der Waals surface area contributed by atoms with Gasteiger partial charge in [-0.3, -0.25) is 4.79 Å². The van der Waals surface area contributed by atoms with Crippen LogP contribution in [0.1, 0.15) is 15.9 Å². The first-order valence-corrected chi connectivity index (χ1v) is 4.53. The molecule has 0 aliphatic rings. The smallest absolute Gasteiger partial charge is 0.176 e. The van der Waals surface area contributed by atoms with Crippen LogP contribution in [0.2, 0.25) is 0 Å². The lowest BCUT2D eigenvalue weighted by molar-refractivity contribution is 0.0993. The van der Waals surface area contributed by atoms with Crippen LogP contribution in [-0.4, -0.2) is 26.5 Å². The van der Waals surface area contributed by atoms with Gasteiger partial charge in [0.1, 0.15) is 0 Å². The van der Waals surface area contributed by atoms with Crippen LogP contribution in [0.15, 0.2) is 24.3 Å². The van der Waals surface area contributed by atoms with E-state index in [1.54, 1.807) is 14.2 Å². The van der Waals surface area contributed by atoms with Gasteiger partial charge in [0, 0.05) is 12.7 Å². The van der Waals surface area contributed by atoms with Crippen molar-refractivity contribution in [2.75, 3.05) is 20.7 Å². The number of hydrogen-bond acceptors (Lipinski definition) is 3. The van der Waals surface area contributed by atoms with E-state index in [2.05, 4.69) is 5.32 Å². The maximum atomic E-state index is 11.4. The van der Waals surface area contributed by atoms with Crippen LogP contribution < -0.4 is 5.32 Å². The molecule has 0 fully saturated rings. The molecule has 0 heterocycles. The molecule has 1 aromatic carbocycles. The number of ether oxygens (including phenoxy) is 1.